The van der Waals surface area contributed by atoms with Crippen molar-refractivity contribution in [3.63, 3.8) is 0 Å². The van der Waals surface area contributed by atoms with Gasteiger partial charge in [-0.05, 0) is 0 Å². The maximum atomic E-state index is 13.9. The van der Waals surface area contributed by atoms with E-state index in [9.17, 15) is 81.8 Å². The Labute approximate surface area is 451 Å². The molecular formula is C41H62N16O17S3. The van der Waals surface area contributed by atoms with Gasteiger partial charge < -0.3 is 89.3 Å². The first-order chi connectivity index (χ1) is 36.6. The van der Waals surface area contributed by atoms with E-state index in [4.69, 9.17) is 5.73 Å². The van der Waals surface area contributed by atoms with Gasteiger partial charge in [0, 0.05) is 56.5 Å². The minimum Gasteiger partial charge on any atom is -0.480 e. The largest absolute Gasteiger partial charge is 0.480 e. The van der Waals surface area contributed by atoms with E-state index < -0.39 is 178 Å². The molecule has 77 heavy (non-hydrogen) atoms. The molecule has 3 atom stereocenters. The van der Waals surface area contributed by atoms with Gasteiger partial charge in [0.1, 0.15) is 12.1 Å². The highest BCUT2D eigenvalue weighted by molar-refractivity contribution is 8.00. The smallest absolute Gasteiger partial charge is 0.327 e. The lowest BCUT2D eigenvalue weighted by Gasteiger charge is -2.26. The van der Waals surface area contributed by atoms with E-state index in [1.165, 1.54) is 14.7 Å². The van der Waals surface area contributed by atoms with E-state index in [0.29, 0.717) is 0 Å². The number of hydrogen-bond donors (Lipinski definition) is 14. The monoisotopic (exact) mass is 1150 g/mol. The first-order valence-corrected chi connectivity index (χ1v) is 26.9. The van der Waals surface area contributed by atoms with Crippen molar-refractivity contribution in [2.24, 2.45) is 5.73 Å². The first-order valence-electron chi connectivity index (χ1n) is 23.4. The molecule has 33 nitrogen and oxygen atoms in total. The lowest BCUT2D eigenvalue weighted by Crippen LogP contribution is -2.53. The van der Waals surface area contributed by atoms with Gasteiger partial charge in [-0.2, -0.15) is 0 Å². The number of fused-ring (bicyclic) bond motifs is 8. The molecule has 36 heteroatoms. The van der Waals surface area contributed by atoms with Crippen LogP contribution in [0.1, 0.15) is 0 Å². The fourth-order valence-electron chi connectivity index (χ4n) is 6.33. The van der Waals surface area contributed by atoms with Crippen LogP contribution >= 0.6 is 35.3 Å². The van der Waals surface area contributed by atoms with E-state index in [0.717, 1.165) is 35.3 Å². The van der Waals surface area contributed by atoms with Gasteiger partial charge in [0.25, 0.3) is 0 Å². The summed E-state index contributed by atoms with van der Waals surface area (Å²) in [4.78, 5) is 208. The van der Waals surface area contributed by atoms with Crippen LogP contribution in [0, 0.1) is 0 Å². The van der Waals surface area contributed by atoms with Crippen molar-refractivity contribution in [1.29, 1.82) is 0 Å². The van der Waals surface area contributed by atoms with E-state index >= 15 is 0 Å². The molecule has 3 aliphatic heterocycles. The normalized spacial score (nSPS) is 23.6. The molecule has 0 saturated carbocycles. The van der Waals surface area contributed by atoms with E-state index in [-0.39, 0.29) is 73.8 Å². The van der Waals surface area contributed by atoms with Crippen LogP contribution in [0.5, 0.6) is 0 Å². The second kappa shape index (κ2) is 34.2. The summed E-state index contributed by atoms with van der Waals surface area (Å²) < 4.78 is 0. The summed E-state index contributed by atoms with van der Waals surface area (Å²) in [6.07, 6.45) is 0. The van der Waals surface area contributed by atoms with Crippen molar-refractivity contribution in [3.8, 4) is 0 Å². The van der Waals surface area contributed by atoms with Crippen LogP contribution in [0.15, 0.2) is 0 Å². The van der Waals surface area contributed by atoms with Gasteiger partial charge in [0.15, 0.2) is 0 Å². The summed E-state index contributed by atoms with van der Waals surface area (Å²) in [7, 11) is 0. The Balaban J connectivity index is 1.90. The topological polar surface area (TPSA) is 473 Å². The summed E-state index contributed by atoms with van der Waals surface area (Å²) in [5.41, 5.74) is 6.00. The minimum atomic E-state index is -1.53. The summed E-state index contributed by atoms with van der Waals surface area (Å²) in [5.74, 6) is -15.0. The first kappa shape index (κ1) is 63.8. The zero-order chi connectivity index (χ0) is 56.9. The number of nitrogens with one attached hydrogen (secondary N) is 12. The summed E-state index contributed by atoms with van der Waals surface area (Å²) in [6.45, 7) is -6.94. The molecule has 3 aliphatic rings. The lowest BCUT2D eigenvalue weighted by atomic mass is 10.3. The Morgan fingerprint density at radius 3 is 0.987 bits per heavy atom. The number of nitrogens with two attached hydrogens (primary N) is 1. The van der Waals surface area contributed by atoms with Crippen LogP contribution in [0.2, 0.25) is 0 Å². The summed E-state index contributed by atoms with van der Waals surface area (Å²) in [6, 6.07) is -4.21. The maximum Gasteiger partial charge on any atom is 0.327 e. The van der Waals surface area contributed by atoms with Crippen molar-refractivity contribution in [2.45, 2.75) is 18.1 Å². The van der Waals surface area contributed by atoms with Crippen molar-refractivity contribution in [1.82, 2.24) is 78.5 Å². The Bertz CT molecular complexity index is 2250. The zero-order valence-corrected chi connectivity index (χ0v) is 43.9. The van der Waals surface area contributed by atoms with Gasteiger partial charge in [-0.1, -0.05) is 0 Å². The van der Waals surface area contributed by atoms with Gasteiger partial charge in [-0.15, -0.1) is 35.3 Å². The number of carbonyl (C=O) groups is 16. The number of amides is 15. The lowest BCUT2D eigenvalue weighted by molar-refractivity contribution is -0.141. The van der Waals surface area contributed by atoms with Crippen LogP contribution < -0.4 is 69.5 Å². The molecule has 3 saturated heterocycles. The second-order valence-corrected chi connectivity index (χ2v) is 19.6. The number of carboxylic acids is 1. The second-order valence-electron chi connectivity index (χ2n) is 16.5. The fraction of sp³-hybridized carbons (Fsp3) is 0.610. The number of carbonyl (C=O) groups excluding carboxylic acids is 15. The molecule has 0 aromatic rings. The number of hydrogen-bond acceptors (Lipinski definition) is 20. The van der Waals surface area contributed by atoms with Crippen LogP contribution in [-0.2, 0) is 76.7 Å². The number of carboxylic acid groups (broad SMARTS) is 1. The average Bonchev–Trinajstić information content (AvgIpc) is 3.51. The Morgan fingerprint density at radius 2 is 0.649 bits per heavy atom. The molecular weight excluding hydrogens is 1080 g/mol. The predicted octanol–water partition coefficient (Wildman–Crippen LogP) is -11.7. The Kier molecular flexibility index (Phi) is 28.4. The van der Waals surface area contributed by atoms with Gasteiger partial charge in [0.05, 0.1) is 88.7 Å². The van der Waals surface area contributed by atoms with Crippen LogP contribution in [0.3, 0.4) is 0 Å². The fourth-order valence-corrected chi connectivity index (χ4v) is 9.09. The molecule has 0 radical (unpaired) electrons. The third kappa shape index (κ3) is 26.2. The molecule has 0 spiro atoms. The van der Waals surface area contributed by atoms with E-state index in [2.05, 4.69) is 63.8 Å². The van der Waals surface area contributed by atoms with Crippen molar-refractivity contribution < 1.29 is 81.8 Å². The van der Waals surface area contributed by atoms with Crippen molar-refractivity contribution >= 4 is 130 Å². The molecule has 15 amide bonds. The quantitative estimate of drug-likeness (QED) is 0.116. The Hall–Kier alpha value is -7.47. The molecule has 0 aliphatic carbocycles. The number of rotatable bonds is 1. The van der Waals surface area contributed by atoms with E-state index in [1.807, 2.05) is 0 Å². The molecule has 3 fully saturated rings. The molecule has 0 aromatic heterocycles. The third-order valence-corrected chi connectivity index (χ3v) is 13.6. The third-order valence-electron chi connectivity index (χ3n) is 10.6. The number of thioether (sulfide) groups is 3. The van der Waals surface area contributed by atoms with Crippen LogP contribution in [-0.4, -0.2) is 272 Å². The number of aliphatic carboxylic acids is 1. The molecule has 4 bridgehead atoms. The summed E-state index contributed by atoms with van der Waals surface area (Å²) >= 11 is 2.69. The molecule has 426 valence electrons. The van der Waals surface area contributed by atoms with Crippen molar-refractivity contribution in [2.75, 3.05) is 139 Å². The highest BCUT2D eigenvalue weighted by Gasteiger charge is 2.28. The molecule has 3 heterocycles. The van der Waals surface area contributed by atoms with E-state index in [1.54, 1.807) is 0 Å². The molecule has 0 unspecified atom stereocenters. The highest BCUT2D eigenvalue weighted by atomic mass is 32.2. The van der Waals surface area contributed by atoms with Crippen LogP contribution in [0.25, 0.3) is 0 Å². The van der Waals surface area contributed by atoms with Gasteiger partial charge >= 0.3 is 5.97 Å². The standard InChI is InChI=1S/C41H62N16O17S3/c42-23-17-75-20-36(68)55-1-3-56-5-6-57(4-2-55)38(70)22-77-19-25(41(73)74)54-35(67)16-50-31(63)12-46-27(59)8-44-29(61)10-48-33(65)14-52-40(72)24(18-76-21-37(56)69)53-34(66)15-49-30(62)11-45-26(58)7-43-28(60)9-47-32(64)13-51-39(23)71/h23-25H,1-22,42H2,(H,43,60)(H,44,61)(H,45,58)(H,46,59)(H,47,64)(H,48,65)(H,49,62)(H,50,63)(H,51,71)(H,52,72)(H,53,66)(H,54,67)(H,73,74)/t23-,24-,25-/m0/s1. The van der Waals surface area contributed by atoms with Gasteiger partial charge in [-0.3, -0.25) is 71.9 Å². The summed E-state index contributed by atoms with van der Waals surface area (Å²) in [5, 5.41) is 36.7. The zero-order valence-electron chi connectivity index (χ0n) is 41.4. The van der Waals surface area contributed by atoms with Gasteiger partial charge in [0.2, 0.25) is 88.6 Å². The highest BCUT2D eigenvalue weighted by Crippen LogP contribution is 2.12. The van der Waals surface area contributed by atoms with Crippen LogP contribution in [0.4, 0.5) is 0 Å². The minimum absolute atomic E-state index is 0.0373. The van der Waals surface area contributed by atoms with Crippen molar-refractivity contribution in [3.05, 3.63) is 0 Å². The maximum absolute atomic E-state index is 13.9. The van der Waals surface area contributed by atoms with Gasteiger partial charge in [-0.25, -0.2) is 4.79 Å². The molecule has 3 rings (SSSR count). The Morgan fingerprint density at radius 1 is 0.377 bits per heavy atom. The average molecular weight is 1150 g/mol. The number of nitrogens with zero attached hydrogens (tertiary/aromatic N) is 3. The molecule has 0 aromatic carbocycles. The molecule has 15 N–H and O–H groups in total. The predicted molar refractivity (Wildman–Crippen MR) is 271 cm³/mol. The SMILES string of the molecule is N[C@H]1CSCC(=O)N2CCN3CCN(CC2)C(=O)CSC[C@H](NC(=O)CNC(=O)CNC(=O)CNC(=O)CNC(=O)CNC1=O)C(=O)NCC(=O)NCC(=O)NCC(=O)NCC(=O)NCC(=O)N[C@H](C(=O)O)CSCC3=O.